The SMILES string of the molecule is CNc1nc(OCC2CCCO2)cc(C(F)(F)F)n1. The monoisotopic (exact) mass is 277 g/mol. The normalized spacial score (nSPS) is 19.5. The Morgan fingerprint density at radius 2 is 2.26 bits per heavy atom. The first-order chi connectivity index (χ1) is 8.99. The lowest BCUT2D eigenvalue weighted by Crippen LogP contribution is -2.18. The van der Waals surface area contributed by atoms with Crippen molar-refractivity contribution in [3.63, 3.8) is 0 Å². The fourth-order valence-corrected chi connectivity index (χ4v) is 1.71. The molecule has 0 amide bonds. The zero-order chi connectivity index (χ0) is 13.9. The standard InChI is InChI=1S/C11H14F3N3O2/c1-15-10-16-8(11(12,13)14)5-9(17-10)19-6-7-3-2-4-18-7/h5,7H,2-4,6H2,1H3,(H,15,16,17). The van der Waals surface area contributed by atoms with Crippen molar-refractivity contribution in [3.8, 4) is 5.88 Å². The van der Waals surface area contributed by atoms with Crippen LogP contribution >= 0.6 is 0 Å². The number of hydrogen-bond acceptors (Lipinski definition) is 5. The van der Waals surface area contributed by atoms with Crippen LogP contribution in [0.15, 0.2) is 6.07 Å². The number of rotatable bonds is 4. The molecule has 0 saturated carbocycles. The first-order valence-electron chi connectivity index (χ1n) is 5.87. The van der Waals surface area contributed by atoms with Crippen LogP contribution in [-0.4, -0.2) is 36.3 Å². The molecule has 1 saturated heterocycles. The molecule has 1 unspecified atom stereocenters. The molecule has 0 bridgehead atoms. The molecule has 2 rings (SSSR count). The van der Waals surface area contributed by atoms with Crippen molar-refractivity contribution in [2.24, 2.45) is 0 Å². The molecule has 0 spiro atoms. The van der Waals surface area contributed by atoms with Gasteiger partial charge in [0.25, 0.3) is 0 Å². The third kappa shape index (κ3) is 3.69. The Morgan fingerprint density at radius 3 is 2.84 bits per heavy atom. The van der Waals surface area contributed by atoms with E-state index in [4.69, 9.17) is 9.47 Å². The van der Waals surface area contributed by atoms with Gasteiger partial charge in [0.1, 0.15) is 6.61 Å². The highest BCUT2D eigenvalue weighted by Crippen LogP contribution is 2.30. The molecule has 5 nitrogen and oxygen atoms in total. The third-order valence-electron chi connectivity index (χ3n) is 2.66. The zero-order valence-corrected chi connectivity index (χ0v) is 10.3. The quantitative estimate of drug-likeness (QED) is 0.913. The molecule has 19 heavy (non-hydrogen) atoms. The maximum atomic E-state index is 12.6. The molecule has 1 aromatic rings. The Kier molecular flexibility index (Phi) is 4.08. The van der Waals surface area contributed by atoms with Crippen LogP contribution in [0.2, 0.25) is 0 Å². The molecule has 1 aliphatic heterocycles. The highest BCUT2D eigenvalue weighted by molar-refractivity contribution is 5.31. The lowest BCUT2D eigenvalue weighted by atomic mass is 10.2. The second-order valence-electron chi connectivity index (χ2n) is 4.11. The summed E-state index contributed by atoms with van der Waals surface area (Å²) in [5.74, 6) is -0.237. The average Bonchev–Trinajstić information content (AvgIpc) is 2.88. The van der Waals surface area contributed by atoms with E-state index in [0.717, 1.165) is 18.9 Å². The summed E-state index contributed by atoms with van der Waals surface area (Å²) < 4.78 is 48.5. The number of halogens is 3. The fraction of sp³-hybridized carbons (Fsp3) is 0.636. The number of anilines is 1. The van der Waals surface area contributed by atoms with Gasteiger partial charge in [0, 0.05) is 19.7 Å². The van der Waals surface area contributed by atoms with Crippen molar-refractivity contribution in [2.75, 3.05) is 25.6 Å². The fourth-order valence-electron chi connectivity index (χ4n) is 1.71. The maximum Gasteiger partial charge on any atom is 0.433 e. The molecule has 0 aromatic carbocycles. The summed E-state index contributed by atoms with van der Waals surface area (Å²) in [6.45, 7) is 0.852. The van der Waals surface area contributed by atoms with Crippen LogP contribution in [0.1, 0.15) is 18.5 Å². The zero-order valence-electron chi connectivity index (χ0n) is 10.3. The predicted octanol–water partition coefficient (Wildman–Crippen LogP) is 2.09. The van der Waals surface area contributed by atoms with Gasteiger partial charge in [-0.25, -0.2) is 4.98 Å². The van der Waals surface area contributed by atoms with Gasteiger partial charge in [-0.05, 0) is 12.8 Å². The van der Waals surface area contributed by atoms with Crippen molar-refractivity contribution >= 4 is 5.95 Å². The molecule has 0 radical (unpaired) electrons. The van der Waals surface area contributed by atoms with Crippen molar-refractivity contribution in [1.82, 2.24) is 9.97 Å². The van der Waals surface area contributed by atoms with E-state index >= 15 is 0 Å². The van der Waals surface area contributed by atoms with E-state index in [9.17, 15) is 13.2 Å². The molecule has 1 aromatic heterocycles. The molecule has 0 aliphatic carbocycles. The van der Waals surface area contributed by atoms with Gasteiger partial charge in [0.2, 0.25) is 11.8 Å². The number of hydrogen-bond donors (Lipinski definition) is 1. The number of aromatic nitrogens is 2. The minimum atomic E-state index is -4.53. The molecular weight excluding hydrogens is 263 g/mol. The van der Waals surface area contributed by atoms with Crippen LogP contribution in [-0.2, 0) is 10.9 Å². The maximum absolute atomic E-state index is 12.6. The van der Waals surface area contributed by atoms with E-state index in [-0.39, 0.29) is 24.5 Å². The van der Waals surface area contributed by atoms with Gasteiger partial charge in [0.15, 0.2) is 5.69 Å². The van der Waals surface area contributed by atoms with Gasteiger partial charge < -0.3 is 14.8 Å². The Balaban J connectivity index is 2.10. The summed E-state index contributed by atoms with van der Waals surface area (Å²) in [6, 6.07) is 0.787. The Hall–Kier alpha value is -1.57. The first kappa shape index (κ1) is 13.9. The summed E-state index contributed by atoms with van der Waals surface area (Å²) in [6.07, 6.45) is -2.83. The Bertz CT molecular complexity index is 434. The largest absolute Gasteiger partial charge is 0.475 e. The lowest BCUT2D eigenvalue weighted by Gasteiger charge is -2.13. The summed E-state index contributed by atoms with van der Waals surface area (Å²) in [4.78, 5) is 7.17. The van der Waals surface area contributed by atoms with E-state index in [1.807, 2.05) is 0 Å². The summed E-state index contributed by atoms with van der Waals surface area (Å²) in [7, 11) is 1.44. The second kappa shape index (κ2) is 5.60. The summed E-state index contributed by atoms with van der Waals surface area (Å²) in [5, 5.41) is 2.47. The van der Waals surface area contributed by atoms with Gasteiger partial charge in [-0.3, -0.25) is 0 Å². The van der Waals surface area contributed by atoms with Crippen LogP contribution in [0, 0.1) is 0 Å². The van der Waals surface area contributed by atoms with Gasteiger partial charge in [-0.2, -0.15) is 18.2 Å². The van der Waals surface area contributed by atoms with Crippen LogP contribution in [0.3, 0.4) is 0 Å². The van der Waals surface area contributed by atoms with Crippen LogP contribution in [0.25, 0.3) is 0 Å². The van der Waals surface area contributed by atoms with E-state index in [2.05, 4.69) is 15.3 Å². The molecule has 1 fully saturated rings. The predicted molar refractivity (Wildman–Crippen MR) is 61.0 cm³/mol. The molecule has 1 N–H and O–H groups in total. The van der Waals surface area contributed by atoms with Crippen molar-refractivity contribution < 1.29 is 22.6 Å². The third-order valence-corrected chi connectivity index (χ3v) is 2.66. The molecular formula is C11H14F3N3O2. The minimum absolute atomic E-state index is 0.0812. The smallest absolute Gasteiger partial charge is 0.433 e. The Morgan fingerprint density at radius 1 is 1.47 bits per heavy atom. The number of nitrogens with one attached hydrogen (secondary N) is 1. The van der Waals surface area contributed by atoms with Gasteiger partial charge in [-0.1, -0.05) is 0 Å². The van der Waals surface area contributed by atoms with Crippen LogP contribution < -0.4 is 10.1 Å². The molecule has 2 heterocycles. The van der Waals surface area contributed by atoms with E-state index in [1.165, 1.54) is 7.05 Å². The first-order valence-corrected chi connectivity index (χ1v) is 5.87. The molecule has 1 atom stereocenters. The number of nitrogens with zero attached hydrogens (tertiary/aromatic N) is 2. The minimum Gasteiger partial charge on any atom is -0.475 e. The Labute approximate surface area is 108 Å². The van der Waals surface area contributed by atoms with Gasteiger partial charge >= 0.3 is 6.18 Å². The second-order valence-corrected chi connectivity index (χ2v) is 4.11. The highest BCUT2D eigenvalue weighted by atomic mass is 19.4. The van der Waals surface area contributed by atoms with Crippen molar-refractivity contribution in [3.05, 3.63) is 11.8 Å². The molecule has 8 heteroatoms. The van der Waals surface area contributed by atoms with E-state index in [0.29, 0.717) is 6.61 Å². The van der Waals surface area contributed by atoms with Crippen LogP contribution in [0.4, 0.5) is 19.1 Å². The summed E-state index contributed by atoms with van der Waals surface area (Å²) >= 11 is 0. The van der Waals surface area contributed by atoms with Crippen molar-refractivity contribution in [2.45, 2.75) is 25.1 Å². The van der Waals surface area contributed by atoms with Gasteiger partial charge in [-0.15, -0.1) is 0 Å². The van der Waals surface area contributed by atoms with E-state index in [1.54, 1.807) is 0 Å². The highest BCUT2D eigenvalue weighted by Gasteiger charge is 2.34. The molecule has 1 aliphatic rings. The topological polar surface area (TPSA) is 56.3 Å². The summed E-state index contributed by atoms with van der Waals surface area (Å²) in [5.41, 5.74) is -1.03. The van der Waals surface area contributed by atoms with Crippen LogP contribution in [0.5, 0.6) is 5.88 Å². The van der Waals surface area contributed by atoms with Gasteiger partial charge in [0.05, 0.1) is 6.10 Å². The average molecular weight is 277 g/mol. The van der Waals surface area contributed by atoms with Crippen molar-refractivity contribution in [1.29, 1.82) is 0 Å². The van der Waals surface area contributed by atoms with E-state index < -0.39 is 11.9 Å². The number of ether oxygens (including phenoxy) is 2. The lowest BCUT2D eigenvalue weighted by molar-refractivity contribution is -0.141. The number of alkyl halides is 3. The molecule has 106 valence electrons.